The fourth-order valence-corrected chi connectivity index (χ4v) is 2.16. The Labute approximate surface area is 130 Å². The highest BCUT2D eigenvalue weighted by atomic mass is 79.9. The number of alkyl halides is 3. The molecule has 0 bridgehead atoms. The highest BCUT2D eigenvalue weighted by Gasteiger charge is 2.31. The molecule has 0 heterocycles. The quantitative estimate of drug-likeness (QED) is 0.793. The van der Waals surface area contributed by atoms with Gasteiger partial charge in [0.2, 0.25) is 5.91 Å². The van der Waals surface area contributed by atoms with Gasteiger partial charge in [-0.25, -0.2) is 0 Å². The Hall–Kier alpha value is -1.08. The molecule has 3 nitrogen and oxygen atoms in total. The molecule has 0 saturated carbocycles. The molecule has 0 aliphatic rings. The number of anilines is 1. The minimum absolute atomic E-state index is 0.126. The van der Waals surface area contributed by atoms with Crippen LogP contribution in [-0.4, -0.2) is 12.5 Å². The summed E-state index contributed by atoms with van der Waals surface area (Å²) in [6, 6.07) is 3.16. The van der Waals surface area contributed by atoms with Crippen molar-refractivity contribution in [1.29, 1.82) is 0 Å². The summed E-state index contributed by atoms with van der Waals surface area (Å²) in [5.41, 5.74) is 4.76. The lowest BCUT2D eigenvalue weighted by atomic mass is 10.0. The van der Waals surface area contributed by atoms with Crippen LogP contribution in [0.2, 0.25) is 0 Å². The first-order chi connectivity index (χ1) is 9.74. The third-order valence-corrected chi connectivity index (χ3v) is 3.78. The molecule has 0 radical (unpaired) electrons. The van der Waals surface area contributed by atoms with Crippen molar-refractivity contribution in [2.24, 2.45) is 11.7 Å². The molecular weight excluding hydrogens is 349 g/mol. The topological polar surface area (TPSA) is 55.1 Å². The van der Waals surface area contributed by atoms with E-state index in [1.165, 1.54) is 6.07 Å². The van der Waals surface area contributed by atoms with Gasteiger partial charge in [0.15, 0.2) is 0 Å². The van der Waals surface area contributed by atoms with Crippen LogP contribution in [0.5, 0.6) is 0 Å². The molecule has 3 N–H and O–H groups in total. The van der Waals surface area contributed by atoms with Crippen molar-refractivity contribution >= 4 is 27.5 Å². The molecule has 1 aromatic carbocycles. The Morgan fingerprint density at radius 1 is 1.38 bits per heavy atom. The van der Waals surface area contributed by atoms with Crippen LogP contribution in [0.4, 0.5) is 18.9 Å². The molecule has 1 amide bonds. The van der Waals surface area contributed by atoms with Gasteiger partial charge in [-0.3, -0.25) is 4.79 Å². The minimum atomic E-state index is -4.43. The molecule has 7 heteroatoms. The van der Waals surface area contributed by atoms with Gasteiger partial charge in [-0.1, -0.05) is 6.92 Å². The van der Waals surface area contributed by atoms with Gasteiger partial charge in [0.25, 0.3) is 0 Å². The van der Waals surface area contributed by atoms with E-state index in [0.717, 1.165) is 18.6 Å². The third kappa shape index (κ3) is 6.05. The Balaban J connectivity index is 2.67. The average Bonchev–Trinajstić information content (AvgIpc) is 2.38. The molecule has 1 unspecified atom stereocenters. The number of benzene rings is 1. The lowest BCUT2D eigenvalue weighted by molar-refractivity contribution is -0.137. The number of amides is 1. The van der Waals surface area contributed by atoms with Crippen LogP contribution in [0.15, 0.2) is 22.7 Å². The number of halogens is 4. The Bertz CT molecular complexity index is 492. The summed E-state index contributed by atoms with van der Waals surface area (Å²) in [5, 5.41) is 2.50. The molecule has 1 aromatic rings. The van der Waals surface area contributed by atoms with Crippen molar-refractivity contribution < 1.29 is 18.0 Å². The largest absolute Gasteiger partial charge is 0.416 e. The van der Waals surface area contributed by atoms with E-state index in [-0.39, 0.29) is 18.0 Å². The van der Waals surface area contributed by atoms with Crippen LogP contribution in [0, 0.1) is 5.92 Å². The number of hydrogen-bond donors (Lipinski definition) is 2. The predicted octanol–water partition coefficient (Wildman–Crippen LogP) is 4.17. The zero-order valence-electron chi connectivity index (χ0n) is 11.6. The zero-order valence-corrected chi connectivity index (χ0v) is 13.2. The van der Waals surface area contributed by atoms with Gasteiger partial charge in [-0.05, 0) is 59.4 Å². The van der Waals surface area contributed by atoms with Crippen molar-refractivity contribution in [1.82, 2.24) is 0 Å². The smallest absolute Gasteiger partial charge is 0.330 e. The molecule has 0 aromatic heterocycles. The van der Waals surface area contributed by atoms with E-state index in [0.29, 0.717) is 23.4 Å². The normalized spacial score (nSPS) is 13.0. The second-order valence-corrected chi connectivity index (χ2v) is 5.82. The standard InChI is InChI=1S/C14H18BrF3N2O/c1-9(6-7-19)2-5-13(21)20-12-8-10(14(16,17)18)3-4-11(12)15/h3-4,8-9H,2,5-7,19H2,1H3,(H,20,21). The Kier molecular flexibility index (Phi) is 6.67. The monoisotopic (exact) mass is 366 g/mol. The summed E-state index contributed by atoms with van der Waals surface area (Å²) in [6.07, 6.45) is -2.71. The maximum atomic E-state index is 12.6. The van der Waals surface area contributed by atoms with Crippen molar-refractivity contribution in [3.8, 4) is 0 Å². The SMILES string of the molecule is CC(CCN)CCC(=O)Nc1cc(C(F)(F)F)ccc1Br. The van der Waals surface area contributed by atoms with Gasteiger partial charge in [0, 0.05) is 10.9 Å². The predicted molar refractivity (Wildman–Crippen MR) is 79.8 cm³/mol. The van der Waals surface area contributed by atoms with Crippen LogP contribution in [0.1, 0.15) is 31.7 Å². The van der Waals surface area contributed by atoms with Gasteiger partial charge in [0.05, 0.1) is 11.3 Å². The van der Waals surface area contributed by atoms with Crippen molar-refractivity contribution in [3.05, 3.63) is 28.2 Å². The maximum absolute atomic E-state index is 12.6. The Morgan fingerprint density at radius 2 is 2.05 bits per heavy atom. The van der Waals surface area contributed by atoms with Gasteiger partial charge >= 0.3 is 6.18 Å². The number of carbonyl (C=O) groups is 1. The number of hydrogen-bond acceptors (Lipinski definition) is 2. The summed E-state index contributed by atoms with van der Waals surface area (Å²) >= 11 is 3.13. The summed E-state index contributed by atoms with van der Waals surface area (Å²) < 4.78 is 38.3. The number of nitrogens with two attached hydrogens (primary N) is 1. The zero-order chi connectivity index (χ0) is 16.0. The summed E-state index contributed by atoms with van der Waals surface area (Å²) in [5.74, 6) is 0.00426. The van der Waals surface area contributed by atoms with E-state index in [1.54, 1.807) is 0 Å². The van der Waals surface area contributed by atoms with Crippen LogP contribution in [0.3, 0.4) is 0 Å². The molecule has 1 atom stereocenters. The fraction of sp³-hybridized carbons (Fsp3) is 0.500. The first kappa shape index (κ1) is 18.0. The second kappa shape index (κ2) is 7.79. The Morgan fingerprint density at radius 3 is 2.62 bits per heavy atom. The van der Waals surface area contributed by atoms with E-state index in [4.69, 9.17) is 5.73 Å². The molecule has 21 heavy (non-hydrogen) atoms. The summed E-state index contributed by atoms with van der Waals surface area (Å²) in [7, 11) is 0. The lowest BCUT2D eigenvalue weighted by Crippen LogP contribution is -2.15. The summed E-state index contributed by atoms with van der Waals surface area (Å²) in [4.78, 5) is 11.8. The highest BCUT2D eigenvalue weighted by molar-refractivity contribution is 9.10. The van der Waals surface area contributed by atoms with Crippen molar-refractivity contribution in [3.63, 3.8) is 0 Å². The molecule has 1 rings (SSSR count). The second-order valence-electron chi connectivity index (χ2n) is 4.96. The first-order valence-corrected chi connectivity index (χ1v) is 7.40. The van der Waals surface area contributed by atoms with Crippen LogP contribution < -0.4 is 11.1 Å². The first-order valence-electron chi connectivity index (χ1n) is 6.60. The van der Waals surface area contributed by atoms with E-state index >= 15 is 0 Å². The molecular formula is C14H18BrF3N2O. The van der Waals surface area contributed by atoms with E-state index in [1.807, 2.05) is 6.92 Å². The number of rotatable bonds is 6. The van der Waals surface area contributed by atoms with E-state index in [9.17, 15) is 18.0 Å². The molecule has 0 aliphatic carbocycles. The van der Waals surface area contributed by atoms with Crippen LogP contribution >= 0.6 is 15.9 Å². The molecule has 0 spiro atoms. The van der Waals surface area contributed by atoms with Gasteiger partial charge in [-0.15, -0.1) is 0 Å². The van der Waals surface area contributed by atoms with Gasteiger partial charge in [-0.2, -0.15) is 13.2 Å². The molecule has 0 saturated heterocycles. The van der Waals surface area contributed by atoms with Crippen LogP contribution in [0.25, 0.3) is 0 Å². The minimum Gasteiger partial charge on any atom is -0.330 e. The third-order valence-electron chi connectivity index (χ3n) is 3.09. The highest BCUT2D eigenvalue weighted by Crippen LogP contribution is 2.34. The fourth-order valence-electron chi connectivity index (χ4n) is 1.82. The van der Waals surface area contributed by atoms with E-state index in [2.05, 4.69) is 21.2 Å². The van der Waals surface area contributed by atoms with Gasteiger partial charge < -0.3 is 11.1 Å². The molecule has 118 valence electrons. The molecule has 0 aliphatic heterocycles. The summed E-state index contributed by atoms with van der Waals surface area (Å²) in [6.45, 7) is 2.54. The maximum Gasteiger partial charge on any atom is 0.416 e. The number of nitrogens with one attached hydrogen (secondary N) is 1. The van der Waals surface area contributed by atoms with Crippen molar-refractivity contribution in [2.75, 3.05) is 11.9 Å². The molecule has 0 fully saturated rings. The van der Waals surface area contributed by atoms with E-state index < -0.39 is 11.7 Å². The lowest BCUT2D eigenvalue weighted by Gasteiger charge is -2.13. The average molecular weight is 367 g/mol. The van der Waals surface area contributed by atoms with Crippen LogP contribution in [-0.2, 0) is 11.0 Å². The van der Waals surface area contributed by atoms with Crippen molar-refractivity contribution in [2.45, 2.75) is 32.4 Å². The van der Waals surface area contributed by atoms with Gasteiger partial charge in [0.1, 0.15) is 0 Å². The number of carbonyl (C=O) groups excluding carboxylic acids is 1.